The number of Topliss-reactive ketones (excluding diaryl/α,β-unsaturated/α-hetero) is 1. The van der Waals surface area contributed by atoms with Gasteiger partial charge in [-0.3, -0.25) is 4.79 Å². The van der Waals surface area contributed by atoms with Crippen LogP contribution in [0.4, 0.5) is 0 Å². The summed E-state index contributed by atoms with van der Waals surface area (Å²) in [6.45, 7) is 2.04. The highest BCUT2D eigenvalue weighted by Crippen LogP contribution is 2.34. The Kier molecular flexibility index (Phi) is 3.28. The molecule has 1 aromatic carbocycles. The van der Waals surface area contributed by atoms with Crippen LogP contribution in [-0.4, -0.2) is 12.9 Å². The van der Waals surface area contributed by atoms with Crippen molar-refractivity contribution in [2.45, 2.75) is 32.1 Å². The lowest BCUT2D eigenvalue weighted by Gasteiger charge is -2.25. The number of ether oxygens (including phenoxy) is 1. The van der Waals surface area contributed by atoms with Gasteiger partial charge in [-0.1, -0.05) is 25.5 Å². The summed E-state index contributed by atoms with van der Waals surface area (Å²) in [5, 5.41) is 0. The van der Waals surface area contributed by atoms with Crippen LogP contribution < -0.4 is 4.74 Å². The van der Waals surface area contributed by atoms with Crippen molar-refractivity contribution in [1.29, 1.82) is 0 Å². The number of carbonyl (C=O) groups excluding carboxylic acids is 1. The summed E-state index contributed by atoms with van der Waals surface area (Å²) < 4.78 is 5.20. The van der Waals surface area contributed by atoms with Crippen LogP contribution in [-0.2, 0) is 4.79 Å². The Bertz CT molecular complexity index is 384. The van der Waals surface area contributed by atoms with Crippen LogP contribution in [0.2, 0.25) is 0 Å². The third kappa shape index (κ3) is 2.11. The van der Waals surface area contributed by atoms with Crippen LogP contribution in [0.1, 0.15) is 37.7 Å². The van der Waals surface area contributed by atoms with E-state index >= 15 is 0 Å². The lowest BCUT2D eigenvalue weighted by molar-refractivity contribution is -0.125. The fourth-order valence-electron chi connectivity index (χ4n) is 2.45. The summed E-state index contributed by atoms with van der Waals surface area (Å²) >= 11 is 0. The zero-order valence-corrected chi connectivity index (χ0v) is 9.90. The molecule has 2 heteroatoms. The Balaban J connectivity index is 2.25. The first-order valence-corrected chi connectivity index (χ1v) is 5.90. The van der Waals surface area contributed by atoms with E-state index in [-0.39, 0.29) is 11.8 Å². The molecule has 1 fully saturated rings. The van der Waals surface area contributed by atoms with Crippen LogP contribution in [0.3, 0.4) is 0 Å². The van der Waals surface area contributed by atoms with Crippen LogP contribution in [0.5, 0.6) is 5.75 Å². The van der Waals surface area contributed by atoms with Gasteiger partial charge in [-0.15, -0.1) is 0 Å². The highest BCUT2D eigenvalue weighted by atomic mass is 16.5. The van der Waals surface area contributed by atoms with Gasteiger partial charge in [-0.25, -0.2) is 0 Å². The molecule has 0 aromatic heterocycles. The number of rotatable bonds is 2. The summed E-state index contributed by atoms with van der Waals surface area (Å²) in [5.74, 6) is 1.52. The van der Waals surface area contributed by atoms with Gasteiger partial charge in [0.1, 0.15) is 11.5 Å². The molecule has 1 aliphatic rings. The first-order valence-electron chi connectivity index (χ1n) is 5.90. The summed E-state index contributed by atoms with van der Waals surface area (Å²) in [4.78, 5) is 12.1. The fraction of sp³-hybridized carbons (Fsp3) is 0.500. The molecule has 1 aliphatic carbocycles. The van der Waals surface area contributed by atoms with E-state index in [0.29, 0.717) is 5.78 Å². The van der Waals surface area contributed by atoms with Crippen molar-refractivity contribution in [3.63, 3.8) is 0 Å². The Morgan fingerprint density at radius 1 is 1.31 bits per heavy atom. The van der Waals surface area contributed by atoms with E-state index in [1.54, 1.807) is 7.11 Å². The maximum atomic E-state index is 12.1. The van der Waals surface area contributed by atoms with Crippen LogP contribution >= 0.6 is 0 Å². The van der Waals surface area contributed by atoms with Gasteiger partial charge in [0.15, 0.2) is 0 Å². The van der Waals surface area contributed by atoms with E-state index in [0.717, 1.165) is 30.6 Å². The molecule has 0 N–H and O–H groups in total. The predicted molar refractivity (Wildman–Crippen MR) is 63.8 cm³/mol. The molecule has 0 bridgehead atoms. The number of hydrogen-bond donors (Lipinski definition) is 0. The van der Waals surface area contributed by atoms with Crippen molar-refractivity contribution >= 4 is 5.78 Å². The van der Waals surface area contributed by atoms with Gasteiger partial charge in [-0.05, 0) is 30.5 Å². The molecular formula is C14H18O2. The second-order valence-corrected chi connectivity index (χ2v) is 4.56. The molecule has 0 radical (unpaired) electrons. The van der Waals surface area contributed by atoms with Gasteiger partial charge in [-0.2, -0.15) is 0 Å². The Labute approximate surface area is 96.6 Å². The minimum absolute atomic E-state index is 0.0823. The lowest BCUT2D eigenvalue weighted by Crippen LogP contribution is -2.24. The topological polar surface area (TPSA) is 26.3 Å². The van der Waals surface area contributed by atoms with E-state index in [4.69, 9.17) is 4.74 Å². The monoisotopic (exact) mass is 218 g/mol. The SMILES string of the molecule is COc1cccc(C2CCCC(C)C2=O)c1. The van der Waals surface area contributed by atoms with Crippen molar-refractivity contribution in [2.24, 2.45) is 5.92 Å². The van der Waals surface area contributed by atoms with Gasteiger partial charge >= 0.3 is 0 Å². The molecule has 0 spiro atoms. The Hall–Kier alpha value is -1.31. The molecule has 1 aromatic rings. The molecule has 2 nitrogen and oxygen atoms in total. The molecule has 0 amide bonds. The van der Waals surface area contributed by atoms with Crippen molar-refractivity contribution in [1.82, 2.24) is 0 Å². The van der Waals surface area contributed by atoms with Crippen molar-refractivity contribution < 1.29 is 9.53 Å². The average molecular weight is 218 g/mol. The highest BCUT2D eigenvalue weighted by molar-refractivity contribution is 5.88. The van der Waals surface area contributed by atoms with Gasteiger partial charge in [0.25, 0.3) is 0 Å². The summed E-state index contributed by atoms with van der Waals surface area (Å²) in [5.41, 5.74) is 1.11. The van der Waals surface area contributed by atoms with Crippen LogP contribution in [0.15, 0.2) is 24.3 Å². The first-order chi connectivity index (χ1) is 7.72. The van der Waals surface area contributed by atoms with Gasteiger partial charge in [0, 0.05) is 11.8 Å². The molecule has 0 saturated heterocycles. The third-order valence-electron chi connectivity index (χ3n) is 3.46. The summed E-state index contributed by atoms with van der Waals surface area (Å²) in [6.07, 6.45) is 3.17. The second kappa shape index (κ2) is 4.69. The minimum atomic E-state index is 0.0823. The smallest absolute Gasteiger partial charge is 0.143 e. The van der Waals surface area contributed by atoms with E-state index < -0.39 is 0 Å². The maximum Gasteiger partial charge on any atom is 0.143 e. The number of benzene rings is 1. The number of ketones is 1. The fourth-order valence-corrected chi connectivity index (χ4v) is 2.45. The zero-order valence-electron chi connectivity index (χ0n) is 9.90. The zero-order chi connectivity index (χ0) is 11.5. The second-order valence-electron chi connectivity index (χ2n) is 4.56. The third-order valence-corrected chi connectivity index (χ3v) is 3.46. The quantitative estimate of drug-likeness (QED) is 0.762. The summed E-state index contributed by atoms with van der Waals surface area (Å²) in [6, 6.07) is 7.89. The Morgan fingerprint density at radius 2 is 2.12 bits per heavy atom. The molecular weight excluding hydrogens is 200 g/mol. The number of hydrogen-bond acceptors (Lipinski definition) is 2. The van der Waals surface area contributed by atoms with E-state index in [1.807, 2.05) is 31.2 Å². The predicted octanol–water partition coefficient (Wildman–Crippen LogP) is 3.17. The normalized spacial score (nSPS) is 25.5. The molecule has 2 atom stereocenters. The Morgan fingerprint density at radius 3 is 2.88 bits per heavy atom. The molecule has 2 rings (SSSR count). The van der Waals surface area contributed by atoms with Crippen molar-refractivity contribution in [3.05, 3.63) is 29.8 Å². The molecule has 86 valence electrons. The molecule has 1 saturated carbocycles. The van der Waals surface area contributed by atoms with Gasteiger partial charge in [0.2, 0.25) is 0 Å². The number of methoxy groups -OCH3 is 1. The van der Waals surface area contributed by atoms with E-state index in [9.17, 15) is 4.79 Å². The van der Waals surface area contributed by atoms with Crippen molar-refractivity contribution in [3.8, 4) is 5.75 Å². The lowest BCUT2D eigenvalue weighted by atomic mass is 9.77. The van der Waals surface area contributed by atoms with Crippen LogP contribution in [0, 0.1) is 5.92 Å². The molecule has 0 heterocycles. The van der Waals surface area contributed by atoms with E-state index in [2.05, 4.69) is 0 Å². The van der Waals surface area contributed by atoms with Gasteiger partial charge < -0.3 is 4.74 Å². The molecule has 0 aliphatic heterocycles. The molecule has 16 heavy (non-hydrogen) atoms. The van der Waals surface area contributed by atoms with Gasteiger partial charge in [0.05, 0.1) is 7.11 Å². The van der Waals surface area contributed by atoms with Crippen LogP contribution in [0.25, 0.3) is 0 Å². The first kappa shape index (κ1) is 11.2. The minimum Gasteiger partial charge on any atom is -0.497 e. The van der Waals surface area contributed by atoms with Crippen molar-refractivity contribution in [2.75, 3.05) is 7.11 Å². The number of carbonyl (C=O) groups is 1. The average Bonchev–Trinajstić information content (AvgIpc) is 2.33. The van der Waals surface area contributed by atoms with E-state index in [1.165, 1.54) is 0 Å². The largest absolute Gasteiger partial charge is 0.497 e. The maximum absolute atomic E-state index is 12.1. The standard InChI is InChI=1S/C14H18O2/c1-10-5-3-8-13(14(10)15)11-6-4-7-12(9-11)16-2/h4,6-7,9-10,13H,3,5,8H2,1-2H3. The highest BCUT2D eigenvalue weighted by Gasteiger charge is 2.29. The molecule has 2 unspecified atom stereocenters. The summed E-state index contributed by atoms with van der Waals surface area (Å²) in [7, 11) is 1.66.